The van der Waals surface area contributed by atoms with E-state index in [4.69, 9.17) is 4.74 Å². The van der Waals surface area contributed by atoms with Crippen molar-refractivity contribution in [3.05, 3.63) is 57.6 Å². The highest BCUT2D eigenvalue weighted by molar-refractivity contribution is 9.10. The predicted octanol–water partition coefficient (Wildman–Crippen LogP) is 5.43. The Kier molecular flexibility index (Phi) is 6.85. The molecule has 0 aliphatic heterocycles. The van der Waals surface area contributed by atoms with E-state index in [0.29, 0.717) is 5.75 Å². The van der Waals surface area contributed by atoms with Crippen LogP contribution in [0.2, 0.25) is 0 Å². The number of ether oxygens (including phenoxy) is 1. The average molecular weight is 390 g/mol. The van der Waals surface area contributed by atoms with Crippen molar-refractivity contribution in [2.75, 3.05) is 11.9 Å². The van der Waals surface area contributed by atoms with Crippen LogP contribution in [0.1, 0.15) is 36.5 Å². The number of anilines is 1. The van der Waals surface area contributed by atoms with Crippen molar-refractivity contribution in [1.82, 2.24) is 0 Å². The molecule has 2 aromatic carbocycles. The Morgan fingerprint density at radius 2 is 1.88 bits per heavy atom. The molecule has 0 heterocycles. The first-order valence-corrected chi connectivity index (χ1v) is 9.07. The molecular formula is C20H24BrNO2. The molecule has 0 aliphatic carbocycles. The minimum Gasteiger partial charge on any atom is -0.482 e. The van der Waals surface area contributed by atoms with E-state index >= 15 is 0 Å². The van der Waals surface area contributed by atoms with E-state index in [1.807, 2.05) is 38.1 Å². The first kappa shape index (κ1) is 18.5. The zero-order valence-corrected chi connectivity index (χ0v) is 16.1. The normalized spacial score (nSPS) is 10.5. The van der Waals surface area contributed by atoms with Crippen molar-refractivity contribution < 1.29 is 9.53 Å². The van der Waals surface area contributed by atoms with Crippen LogP contribution in [0.3, 0.4) is 0 Å². The molecule has 2 aromatic rings. The van der Waals surface area contributed by atoms with E-state index in [-0.39, 0.29) is 12.5 Å². The van der Waals surface area contributed by atoms with Crippen molar-refractivity contribution in [3.63, 3.8) is 0 Å². The van der Waals surface area contributed by atoms with Crippen LogP contribution in [-0.4, -0.2) is 12.5 Å². The second kappa shape index (κ2) is 8.88. The Morgan fingerprint density at radius 3 is 2.50 bits per heavy atom. The molecule has 2 rings (SSSR count). The fourth-order valence-electron chi connectivity index (χ4n) is 2.56. The molecule has 4 heteroatoms. The summed E-state index contributed by atoms with van der Waals surface area (Å²) in [5.74, 6) is 0.550. The lowest BCUT2D eigenvalue weighted by Crippen LogP contribution is -2.20. The van der Waals surface area contributed by atoms with E-state index in [2.05, 4.69) is 40.3 Å². The fraction of sp³-hybridized carbons (Fsp3) is 0.350. The molecular weight excluding hydrogens is 366 g/mol. The van der Waals surface area contributed by atoms with Crippen molar-refractivity contribution >= 4 is 27.5 Å². The lowest BCUT2D eigenvalue weighted by Gasteiger charge is -2.12. The molecule has 0 saturated carbocycles. The van der Waals surface area contributed by atoms with Crippen LogP contribution < -0.4 is 10.1 Å². The fourth-order valence-corrected chi connectivity index (χ4v) is 3.34. The Balaban J connectivity index is 1.89. The predicted molar refractivity (Wildman–Crippen MR) is 103 cm³/mol. The maximum atomic E-state index is 12.1. The molecule has 1 amide bonds. The van der Waals surface area contributed by atoms with E-state index in [1.54, 1.807) is 0 Å². The van der Waals surface area contributed by atoms with Gasteiger partial charge in [0.2, 0.25) is 0 Å². The first-order valence-electron chi connectivity index (χ1n) is 8.28. The lowest BCUT2D eigenvalue weighted by atomic mass is 10.1. The average Bonchev–Trinajstić information content (AvgIpc) is 2.53. The lowest BCUT2D eigenvalue weighted by molar-refractivity contribution is -0.118. The van der Waals surface area contributed by atoms with Crippen LogP contribution in [-0.2, 0) is 11.2 Å². The summed E-state index contributed by atoms with van der Waals surface area (Å²) in [6.07, 6.45) is 3.45. The van der Waals surface area contributed by atoms with E-state index in [9.17, 15) is 4.79 Å². The summed E-state index contributed by atoms with van der Waals surface area (Å²) in [5, 5.41) is 2.87. The van der Waals surface area contributed by atoms with Crippen LogP contribution in [0.15, 0.2) is 40.9 Å². The Labute approximate surface area is 152 Å². The number of amides is 1. The number of unbranched alkanes of at least 4 members (excludes halogenated alkanes) is 1. The second-order valence-corrected chi connectivity index (χ2v) is 6.88. The molecule has 3 nitrogen and oxygen atoms in total. The number of aryl methyl sites for hydroxylation is 3. The molecule has 128 valence electrons. The van der Waals surface area contributed by atoms with Gasteiger partial charge in [-0.05, 0) is 77.5 Å². The van der Waals surface area contributed by atoms with Crippen LogP contribution in [0.4, 0.5) is 5.69 Å². The van der Waals surface area contributed by atoms with E-state index in [1.165, 1.54) is 18.4 Å². The van der Waals surface area contributed by atoms with Crippen molar-refractivity contribution in [1.29, 1.82) is 0 Å². The molecule has 0 aromatic heterocycles. The van der Waals surface area contributed by atoms with E-state index < -0.39 is 0 Å². The first-order chi connectivity index (χ1) is 11.5. The highest BCUT2D eigenvalue weighted by Crippen LogP contribution is 2.30. The summed E-state index contributed by atoms with van der Waals surface area (Å²) in [6.45, 7) is 6.17. The van der Waals surface area contributed by atoms with Gasteiger partial charge in [-0.3, -0.25) is 4.79 Å². The monoisotopic (exact) mass is 389 g/mol. The van der Waals surface area contributed by atoms with E-state index in [0.717, 1.165) is 27.7 Å². The summed E-state index contributed by atoms with van der Waals surface area (Å²) in [5.41, 5.74) is 4.25. The van der Waals surface area contributed by atoms with Crippen molar-refractivity contribution in [3.8, 4) is 5.75 Å². The second-order valence-electron chi connectivity index (χ2n) is 6.03. The van der Waals surface area contributed by atoms with Gasteiger partial charge in [-0.2, -0.15) is 0 Å². The van der Waals surface area contributed by atoms with Crippen LogP contribution in [0.25, 0.3) is 0 Å². The van der Waals surface area contributed by atoms with Crippen LogP contribution in [0, 0.1) is 13.8 Å². The van der Waals surface area contributed by atoms with Gasteiger partial charge in [0.15, 0.2) is 6.61 Å². The smallest absolute Gasteiger partial charge is 0.262 e. The van der Waals surface area contributed by atoms with Gasteiger partial charge < -0.3 is 10.1 Å². The number of rotatable bonds is 7. The quantitative estimate of drug-likeness (QED) is 0.685. The minimum absolute atomic E-state index is 0.0138. The number of hydrogen-bond acceptors (Lipinski definition) is 2. The van der Waals surface area contributed by atoms with Crippen LogP contribution >= 0.6 is 15.9 Å². The molecule has 0 fully saturated rings. The molecule has 0 bridgehead atoms. The zero-order chi connectivity index (χ0) is 17.5. The molecule has 0 unspecified atom stereocenters. The maximum Gasteiger partial charge on any atom is 0.262 e. The third-order valence-corrected chi connectivity index (χ3v) is 4.37. The van der Waals surface area contributed by atoms with Gasteiger partial charge in [0.05, 0.1) is 4.47 Å². The van der Waals surface area contributed by atoms with Gasteiger partial charge in [0.1, 0.15) is 5.75 Å². The Hall–Kier alpha value is -1.81. The molecule has 1 N–H and O–H groups in total. The number of halogens is 1. The van der Waals surface area contributed by atoms with Gasteiger partial charge in [-0.25, -0.2) is 0 Å². The Bertz CT molecular complexity index is 672. The molecule has 0 saturated heterocycles. The topological polar surface area (TPSA) is 38.3 Å². The number of nitrogens with one attached hydrogen (secondary N) is 1. The SMILES string of the molecule is CCCCc1ccc(NC(=O)COc2c(C)cc(C)cc2Br)cc1. The van der Waals surface area contributed by atoms with Gasteiger partial charge in [0.25, 0.3) is 5.91 Å². The summed E-state index contributed by atoms with van der Waals surface area (Å²) in [7, 11) is 0. The molecule has 0 radical (unpaired) electrons. The third kappa shape index (κ3) is 5.38. The van der Waals surface area contributed by atoms with Gasteiger partial charge >= 0.3 is 0 Å². The largest absolute Gasteiger partial charge is 0.482 e. The number of carbonyl (C=O) groups excluding carboxylic acids is 1. The highest BCUT2D eigenvalue weighted by Gasteiger charge is 2.09. The Morgan fingerprint density at radius 1 is 1.17 bits per heavy atom. The summed E-state index contributed by atoms with van der Waals surface area (Å²) in [4.78, 5) is 12.1. The third-order valence-electron chi connectivity index (χ3n) is 3.78. The molecule has 24 heavy (non-hydrogen) atoms. The van der Waals surface area contributed by atoms with Gasteiger partial charge in [-0.15, -0.1) is 0 Å². The maximum absolute atomic E-state index is 12.1. The molecule has 0 atom stereocenters. The number of hydrogen-bond donors (Lipinski definition) is 1. The zero-order valence-electron chi connectivity index (χ0n) is 14.5. The highest BCUT2D eigenvalue weighted by atomic mass is 79.9. The van der Waals surface area contributed by atoms with Crippen LogP contribution in [0.5, 0.6) is 5.75 Å². The summed E-state index contributed by atoms with van der Waals surface area (Å²) < 4.78 is 6.54. The van der Waals surface area contributed by atoms with Gasteiger partial charge in [-0.1, -0.05) is 31.5 Å². The molecule has 0 spiro atoms. The standard InChI is InChI=1S/C20H24BrNO2/c1-4-5-6-16-7-9-17(10-8-16)22-19(23)13-24-20-15(3)11-14(2)12-18(20)21/h7-12H,4-6,13H2,1-3H3,(H,22,23). The number of benzene rings is 2. The van der Waals surface area contributed by atoms with Crippen molar-refractivity contribution in [2.45, 2.75) is 40.0 Å². The summed E-state index contributed by atoms with van der Waals surface area (Å²) >= 11 is 3.49. The van der Waals surface area contributed by atoms with Crippen molar-refractivity contribution in [2.24, 2.45) is 0 Å². The minimum atomic E-state index is -0.164. The summed E-state index contributed by atoms with van der Waals surface area (Å²) in [6, 6.07) is 12.0. The number of carbonyl (C=O) groups is 1. The molecule has 0 aliphatic rings. The van der Waals surface area contributed by atoms with Gasteiger partial charge in [0, 0.05) is 5.69 Å².